The number of benzene rings is 1. The van der Waals surface area contributed by atoms with E-state index in [4.69, 9.17) is 4.74 Å². The summed E-state index contributed by atoms with van der Waals surface area (Å²) in [4.78, 5) is 39.1. The lowest BCUT2D eigenvalue weighted by atomic mass is 9.99. The molecule has 9 heteroatoms. The van der Waals surface area contributed by atoms with Gasteiger partial charge in [-0.1, -0.05) is 6.07 Å². The molecule has 0 saturated carbocycles. The molecule has 0 bridgehead atoms. The topological polar surface area (TPSA) is 97.6 Å². The minimum absolute atomic E-state index is 0.234. The lowest BCUT2D eigenvalue weighted by Crippen LogP contribution is -2.52. The van der Waals surface area contributed by atoms with Crippen LogP contribution in [-0.2, 0) is 27.9 Å². The molecule has 2 aromatic rings. The van der Waals surface area contributed by atoms with Crippen LogP contribution in [-0.4, -0.2) is 64.7 Å². The third-order valence-electron chi connectivity index (χ3n) is 7.03. The zero-order valence-electron chi connectivity index (χ0n) is 18.5. The van der Waals surface area contributed by atoms with Gasteiger partial charge in [-0.2, -0.15) is 0 Å². The van der Waals surface area contributed by atoms with E-state index in [2.05, 4.69) is 15.5 Å². The quantitative estimate of drug-likeness (QED) is 0.635. The van der Waals surface area contributed by atoms with Gasteiger partial charge in [-0.25, -0.2) is 4.79 Å². The van der Waals surface area contributed by atoms with Crippen molar-refractivity contribution in [2.75, 3.05) is 32.8 Å². The maximum absolute atomic E-state index is 12.9. The van der Waals surface area contributed by atoms with Crippen LogP contribution in [0.25, 0.3) is 11.0 Å². The number of fused-ring (bicyclic) bond motifs is 1. The molecule has 1 aromatic heterocycles. The van der Waals surface area contributed by atoms with Crippen molar-refractivity contribution >= 4 is 22.8 Å². The van der Waals surface area contributed by atoms with Gasteiger partial charge in [-0.15, -0.1) is 0 Å². The molecule has 1 unspecified atom stereocenters. The Morgan fingerprint density at radius 1 is 1.06 bits per heavy atom. The predicted octanol–water partition coefficient (Wildman–Crippen LogP) is 0.518. The Labute approximate surface area is 186 Å². The van der Waals surface area contributed by atoms with Gasteiger partial charge >= 0.3 is 5.69 Å². The third-order valence-corrected chi connectivity index (χ3v) is 7.03. The van der Waals surface area contributed by atoms with Crippen molar-refractivity contribution in [3.63, 3.8) is 0 Å². The van der Waals surface area contributed by atoms with Crippen LogP contribution in [0, 0.1) is 5.92 Å². The first kappa shape index (κ1) is 21.4. The van der Waals surface area contributed by atoms with Crippen molar-refractivity contribution in [1.82, 2.24) is 24.7 Å². The van der Waals surface area contributed by atoms with E-state index in [0.717, 1.165) is 55.9 Å². The number of aromatic nitrogens is 2. The van der Waals surface area contributed by atoms with E-state index in [1.807, 2.05) is 18.2 Å². The largest absolute Gasteiger partial charge is 0.375 e. The van der Waals surface area contributed by atoms with Crippen LogP contribution in [0.2, 0.25) is 0 Å². The van der Waals surface area contributed by atoms with E-state index in [9.17, 15) is 14.4 Å². The summed E-state index contributed by atoms with van der Waals surface area (Å²) in [5.41, 5.74) is 2.42. The van der Waals surface area contributed by atoms with Crippen LogP contribution in [0.15, 0.2) is 23.0 Å². The molecular formula is C23H31N5O4. The molecule has 172 valence electrons. The summed E-state index contributed by atoms with van der Waals surface area (Å²) in [6.07, 6.45) is 3.30. The molecule has 5 rings (SSSR count). The first-order chi connectivity index (χ1) is 15.5. The number of piperidine rings is 2. The molecule has 9 nitrogen and oxygen atoms in total. The van der Waals surface area contributed by atoms with Crippen LogP contribution < -0.4 is 16.3 Å². The monoisotopic (exact) mass is 441 g/mol. The fourth-order valence-corrected chi connectivity index (χ4v) is 5.07. The number of likely N-dealkylation sites (tertiary alicyclic amines) is 1. The number of ether oxygens (including phenoxy) is 1. The van der Waals surface area contributed by atoms with Crippen LogP contribution in [0.1, 0.15) is 37.3 Å². The first-order valence-corrected chi connectivity index (χ1v) is 11.6. The molecule has 1 aromatic carbocycles. The summed E-state index contributed by atoms with van der Waals surface area (Å²) >= 11 is 0. The van der Waals surface area contributed by atoms with Crippen LogP contribution in [0.3, 0.4) is 0 Å². The Bertz CT molecular complexity index is 1080. The van der Waals surface area contributed by atoms with Gasteiger partial charge in [0.2, 0.25) is 11.8 Å². The van der Waals surface area contributed by atoms with Gasteiger partial charge in [0.1, 0.15) is 6.04 Å². The Morgan fingerprint density at radius 3 is 2.59 bits per heavy atom. The van der Waals surface area contributed by atoms with Gasteiger partial charge in [0.05, 0.1) is 17.1 Å². The molecule has 3 aliphatic rings. The molecule has 2 N–H and O–H groups in total. The number of imide groups is 1. The summed E-state index contributed by atoms with van der Waals surface area (Å²) in [5, 5.41) is 5.74. The van der Waals surface area contributed by atoms with E-state index in [0.29, 0.717) is 18.4 Å². The van der Waals surface area contributed by atoms with E-state index in [-0.39, 0.29) is 18.0 Å². The maximum atomic E-state index is 12.9. The maximum Gasteiger partial charge on any atom is 0.329 e. The number of hydrogen-bond acceptors (Lipinski definition) is 6. The first-order valence-electron chi connectivity index (χ1n) is 11.6. The molecule has 3 fully saturated rings. The highest BCUT2D eigenvalue weighted by atomic mass is 16.5. The number of nitrogens with one attached hydrogen (secondary N) is 2. The summed E-state index contributed by atoms with van der Waals surface area (Å²) in [5.74, 6) is -0.00663. The van der Waals surface area contributed by atoms with Crippen molar-refractivity contribution in [1.29, 1.82) is 0 Å². The molecule has 0 radical (unpaired) electrons. The Morgan fingerprint density at radius 2 is 1.84 bits per heavy atom. The van der Waals surface area contributed by atoms with Crippen molar-refractivity contribution in [3.05, 3.63) is 34.2 Å². The number of amides is 2. The van der Waals surface area contributed by atoms with Gasteiger partial charge in [0, 0.05) is 39.7 Å². The Balaban J connectivity index is 1.23. The Kier molecular flexibility index (Phi) is 5.88. The molecule has 0 aliphatic carbocycles. The molecule has 3 aliphatic heterocycles. The number of carbonyl (C=O) groups excluding carboxylic acids is 2. The normalized spacial score (nSPS) is 23.5. The number of hydrogen-bond donors (Lipinski definition) is 2. The van der Waals surface area contributed by atoms with E-state index >= 15 is 0 Å². The second-order valence-corrected chi connectivity index (χ2v) is 9.34. The Hall–Kier alpha value is -2.49. The van der Waals surface area contributed by atoms with Gasteiger partial charge in [0.25, 0.3) is 0 Å². The molecule has 1 atom stereocenters. The zero-order chi connectivity index (χ0) is 22.2. The summed E-state index contributed by atoms with van der Waals surface area (Å²) in [6, 6.07) is 5.32. The highest BCUT2D eigenvalue weighted by Gasteiger charge is 2.32. The molecule has 2 amide bonds. The lowest BCUT2D eigenvalue weighted by molar-refractivity contribution is -0.135. The van der Waals surface area contributed by atoms with Gasteiger partial charge in [0.15, 0.2) is 0 Å². The average Bonchev–Trinajstić information content (AvgIpc) is 3.00. The van der Waals surface area contributed by atoms with E-state index in [1.54, 1.807) is 11.6 Å². The number of aryl methyl sites for hydroxylation is 1. The number of carbonyl (C=O) groups is 2. The SMILES string of the molecule is Cn1c(=O)n(C2CCC(=O)NC2=O)c2ccc(CN3CC(OCC4CCNCC4)C3)cc21. The van der Waals surface area contributed by atoms with Gasteiger partial charge < -0.3 is 10.1 Å². The fraction of sp³-hybridized carbons (Fsp3) is 0.609. The minimum atomic E-state index is -0.650. The molecule has 32 heavy (non-hydrogen) atoms. The third kappa shape index (κ3) is 4.12. The summed E-state index contributed by atoms with van der Waals surface area (Å²) in [6.45, 7) is 5.73. The van der Waals surface area contributed by atoms with Crippen molar-refractivity contribution in [2.45, 2.75) is 44.4 Å². The highest BCUT2D eigenvalue weighted by Crippen LogP contribution is 2.25. The van der Waals surface area contributed by atoms with Crippen LogP contribution in [0.5, 0.6) is 0 Å². The standard InChI is InChI=1S/C23H31N5O4/c1-26-20-10-16(11-27-12-17(13-27)32-14-15-6-8-24-9-7-15)2-3-18(20)28(23(26)31)19-4-5-21(29)25-22(19)30/h2-3,10,15,17,19,24H,4-9,11-14H2,1H3,(H,25,29,30). The molecular weight excluding hydrogens is 410 g/mol. The summed E-state index contributed by atoms with van der Waals surface area (Å²) in [7, 11) is 1.73. The van der Waals surface area contributed by atoms with Gasteiger partial charge in [-0.3, -0.25) is 28.9 Å². The second-order valence-electron chi connectivity index (χ2n) is 9.34. The van der Waals surface area contributed by atoms with Crippen LogP contribution >= 0.6 is 0 Å². The predicted molar refractivity (Wildman–Crippen MR) is 119 cm³/mol. The minimum Gasteiger partial charge on any atom is -0.375 e. The van der Waals surface area contributed by atoms with Crippen molar-refractivity contribution < 1.29 is 14.3 Å². The smallest absolute Gasteiger partial charge is 0.329 e. The average molecular weight is 442 g/mol. The fourth-order valence-electron chi connectivity index (χ4n) is 5.07. The number of imidazole rings is 1. The van der Waals surface area contributed by atoms with Crippen molar-refractivity contribution in [2.24, 2.45) is 13.0 Å². The van der Waals surface area contributed by atoms with Gasteiger partial charge in [-0.05, 0) is 56.0 Å². The van der Waals surface area contributed by atoms with Crippen molar-refractivity contribution in [3.8, 4) is 0 Å². The lowest BCUT2D eigenvalue weighted by Gasteiger charge is -2.39. The molecule has 3 saturated heterocycles. The van der Waals surface area contributed by atoms with Crippen LogP contribution in [0.4, 0.5) is 0 Å². The number of nitrogens with zero attached hydrogens (tertiary/aromatic N) is 3. The zero-order valence-corrected chi connectivity index (χ0v) is 18.5. The van der Waals surface area contributed by atoms with E-state index in [1.165, 1.54) is 17.4 Å². The number of rotatable bonds is 6. The highest BCUT2D eigenvalue weighted by molar-refractivity contribution is 6.00. The summed E-state index contributed by atoms with van der Waals surface area (Å²) < 4.78 is 9.21. The van der Waals surface area contributed by atoms with E-state index < -0.39 is 11.9 Å². The molecule has 4 heterocycles. The molecule has 0 spiro atoms. The second kappa shape index (κ2) is 8.80.